The van der Waals surface area contributed by atoms with Crippen LogP contribution in [0.1, 0.15) is 181 Å². The SMILES string of the molecule is CCCCC/C=C\C/C=C\C/C=C\C/C=C\CCC(CCCCCCCCCCCCCCCCCC)C(N)=O. The Balaban J connectivity index is 3.59. The first-order valence-electron chi connectivity index (χ1n) is 17.6. The van der Waals surface area contributed by atoms with Gasteiger partial charge in [-0.25, -0.2) is 0 Å². The third-order valence-electron chi connectivity index (χ3n) is 7.95. The fourth-order valence-corrected chi connectivity index (χ4v) is 5.23. The van der Waals surface area contributed by atoms with Crippen LogP contribution in [0.4, 0.5) is 0 Å². The zero-order chi connectivity index (χ0) is 29.2. The first kappa shape index (κ1) is 38.4. The average Bonchev–Trinajstić information content (AvgIpc) is 2.95. The molecule has 2 heteroatoms. The summed E-state index contributed by atoms with van der Waals surface area (Å²) in [6.07, 6.45) is 51.0. The van der Waals surface area contributed by atoms with Crippen LogP contribution in [0, 0.1) is 5.92 Å². The van der Waals surface area contributed by atoms with Crippen LogP contribution in [0.25, 0.3) is 0 Å². The van der Waals surface area contributed by atoms with Gasteiger partial charge in [0.25, 0.3) is 0 Å². The van der Waals surface area contributed by atoms with E-state index in [1.165, 1.54) is 122 Å². The molecule has 232 valence electrons. The van der Waals surface area contributed by atoms with Gasteiger partial charge in [0.15, 0.2) is 0 Å². The first-order valence-corrected chi connectivity index (χ1v) is 17.6. The van der Waals surface area contributed by atoms with Crippen molar-refractivity contribution in [1.29, 1.82) is 0 Å². The van der Waals surface area contributed by atoms with E-state index in [1.807, 2.05) is 0 Å². The summed E-state index contributed by atoms with van der Waals surface area (Å²) in [5, 5.41) is 0. The molecule has 0 aliphatic rings. The van der Waals surface area contributed by atoms with Crippen LogP contribution < -0.4 is 5.73 Å². The molecule has 1 atom stereocenters. The monoisotopic (exact) mass is 556 g/mol. The second-order valence-corrected chi connectivity index (χ2v) is 11.9. The van der Waals surface area contributed by atoms with Gasteiger partial charge < -0.3 is 5.73 Å². The van der Waals surface area contributed by atoms with Crippen molar-refractivity contribution >= 4 is 5.91 Å². The lowest BCUT2D eigenvalue weighted by atomic mass is 9.95. The maximum Gasteiger partial charge on any atom is 0.220 e. The summed E-state index contributed by atoms with van der Waals surface area (Å²) in [4.78, 5) is 11.9. The summed E-state index contributed by atoms with van der Waals surface area (Å²) in [5.41, 5.74) is 5.68. The average molecular weight is 556 g/mol. The zero-order valence-electron chi connectivity index (χ0n) is 27.1. The fraction of sp³-hybridized carbons (Fsp3) is 0.763. The smallest absolute Gasteiger partial charge is 0.220 e. The molecule has 2 N–H and O–H groups in total. The maximum atomic E-state index is 11.9. The molecule has 0 aliphatic heterocycles. The molecule has 1 unspecified atom stereocenters. The van der Waals surface area contributed by atoms with Crippen molar-refractivity contribution in [2.24, 2.45) is 11.7 Å². The summed E-state index contributed by atoms with van der Waals surface area (Å²) in [6.45, 7) is 4.54. The Hall–Kier alpha value is -1.57. The van der Waals surface area contributed by atoms with Crippen LogP contribution in [-0.4, -0.2) is 5.91 Å². The van der Waals surface area contributed by atoms with Gasteiger partial charge in [-0.3, -0.25) is 4.79 Å². The molecule has 0 aromatic carbocycles. The number of unbranched alkanes of at least 4 members (excludes halogenated alkanes) is 18. The molecule has 0 spiro atoms. The van der Waals surface area contributed by atoms with Crippen LogP contribution in [0.5, 0.6) is 0 Å². The van der Waals surface area contributed by atoms with Crippen molar-refractivity contribution in [3.8, 4) is 0 Å². The van der Waals surface area contributed by atoms with Crippen molar-refractivity contribution in [3.63, 3.8) is 0 Å². The number of amides is 1. The van der Waals surface area contributed by atoms with Gasteiger partial charge >= 0.3 is 0 Å². The molecule has 0 saturated carbocycles. The van der Waals surface area contributed by atoms with Crippen molar-refractivity contribution < 1.29 is 4.79 Å². The summed E-state index contributed by atoms with van der Waals surface area (Å²) in [6, 6.07) is 0. The predicted octanol–water partition coefficient (Wildman–Crippen LogP) is 12.5. The number of nitrogens with two attached hydrogens (primary N) is 1. The lowest BCUT2D eigenvalue weighted by Crippen LogP contribution is -2.23. The number of hydrogen-bond acceptors (Lipinski definition) is 1. The fourth-order valence-electron chi connectivity index (χ4n) is 5.23. The molecule has 0 aliphatic carbocycles. The Morgan fingerprint density at radius 2 is 0.800 bits per heavy atom. The van der Waals surface area contributed by atoms with Crippen LogP contribution in [0.15, 0.2) is 48.6 Å². The highest BCUT2D eigenvalue weighted by Crippen LogP contribution is 2.18. The molecule has 0 aromatic heterocycles. The van der Waals surface area contributed by atoms with E-state index < -0.39 is 0 Å². The van der Waals surface area contributed by atoms with Crippen LogP contribution >= 0.6 is 0 Å². The minimum absolute atomic E-state index is 0.0395. The topological polar surface area (TPSA) is 43.1 Å². The van der Waals surface area contributed by atoms with E-state index in [0.29, 0.717) is 0 Å². The minimum atomic E-state index is -0.114. The van der Waals surface area contributed by atoms with Gasteiger partial charge in [0.2, 0.25) is 5.91 Å². The molecule has 0 aromatic rings. The predicted molar refractivity (Wildman–Crippen MR) is 181 cm³/mol. The van der Waals surface area contributed by atoms with Gasteiger partial charge in [0.1, 0.15) is 0 Å². The number of rotatable bonds is 31. The molecule has 0 fully saturated rings. The van der Waals surface area contributed by atoms with E-state index in [1.54, 1.807) is 0 Å². The van der Waals surface area contributed by atoms with Crippen molar-refractivity contribution in [2.45, 2.75) is 181 Å². The highest BCUT2D eigenvalue weighted by Gasteiger charge is 2.13. The Morgan fingerprint density at radius 1 is 0.450 bits per heavy atom. The number of hydrogen-bond donors (Lipinski definition) is 1. The molecule has 2 nitrogen and oxygen atoms in total. The van der Waals surface area contributed by atoms with Gasteiger partial charge in [-0.2, -0.15) is 0 Å². The standard InChI is InChI=1S/C38H69NO/c1-3-5-7-9-11-13-15-17-19-21-23-25-27-29-31-33-35-37(38(39)40)36-34-32-30-28-26-24-22-20-18-16-14-12-10-8-6-4-2/h11,13,17,19,23,25,29,31,37H,3-10,12,14-16,18,20-22,24,26-28,30,32-36H2,1-2H3,(H2,39,40)/b13-11-,19-17-,25-23-,31-29-. The number of carbonyl (C=O) groups excluding carboxylic acids is 1. The van der Waals surface area contributed by atoms with E-state index in [9.17, 15) is 4.79 Å². The molecule has 0 radical (unpaired) electrons. The van der Waals surface area contributed by atoms with Crippen molar-refractivity contribution in [1.82, 2.24) is 0 Å². The lowest BCUT2D eigenvalue weighted by molar-refractivity contribution is -0.122. The summed E-state index contributed by atoms with van der Waals surface area (Å²) >= 11 is 0. The number of primary amides is 1. The zero-order valence-corrected chi connectivity index (χ0v) is 27.1. The van der Waals surface area contributed by atoms with E-state index in [-0.39, 0.29) is 11.8 Å². The van der Waals surface area contributed by atoms with E-state index in [4.69, 9.17) is 5.73 Å². The summed E-state index contributed by atoms with van der Waals surface area (Å²) in [7, 11) is 0. The molecule has 0 rings (SSSR count). The molecule has 1 amide bonds. The van der Waals surface area contributed by atoms with Gasteiger partial charge in [-0.15, -0.1) is 0 Å². The van der Waals surface area contributed by atoms with Crippen LogP contribution in [0.2, 0.25) is 0 Å². The minimum Gasteiger partial charge on any atom is -0.369 e. The third kappa shape index (κ3) is 31.0. The Bertz CT molecular complexity index is 629. The second kappa shape index (κ2) is 33.6. The summed E-state index contributed by atoms with van der Waals surface area (Å²) < 4.78 is 0. The van der Waals surface area contributed by atoms with E-state index in [2.05, 4.69) is 62.5 Å². The third-order valence-corrected chi connectivity index (χ3v) is 7.95. The number of carbonyl (C=O) groups is 1. The van der Waals surface area contributed by atoms with Gasteiger partial charge in [0, 0.05) is 5.92 Å². The molecular weight excluding hydrogens is 486 g/mol. The van der Waals surface area contributed by atoms with Crippen LogP contribution in [-0.2, 0) is 4.79 Å². The molecule has 0 heterocycles. The Kier molecular flexibility index (Phi) is 32.3. The first-order chi connectivity index (χ1) is 19.7. The van der Waals surface area contributed by atoms with Crippen molar-refractivity contribution in [2.75, 3.05) is 0 Å². The number of allylic oxidation sites excluding steroid dienone is 8. The van der Waals surface area contributed by atoms with E-state index >= 15 is 0 Å². The highest BCUT2D eigenvalue weighted by atomic mass is 16.1. The lowest BCUT2D eigenvalue weighted by Gasteiger charge is -2.12. The molecule has 0 bridgehead atoms. The highest BCUT2D eigenvalue weighted by molar-refractivity contribution is 5.76. The largest absolute Gasteiger partial charge is 0.369 e. The van der Waals surface area contributed by atoms with E-state index in [0.717, 1.165) is 44.9 Å². The molecule has 40 heavy (non-hydrogen) atoms. The maximum absolute atomic E-state index is 11.9. The Morgan fingerprint density at radius 3 is 1.23 bits per heavy atom. The normalized spacial score (nSPS) is 13.1. The quantitative estimate of drug-likeness (QED) is 0.0670. The van der Waals surface area contributed by atoms with Crippen molar-refractivity contribution in [3.05, 3.63) is 48.6 Å². The summed E-state index contributed by atoms with van der Waals surface area (Å²) in [5.74, 6) is -0.0745. The molecular formula is C38H69NO. The second-order valence-electron chi connectivity index (χ2n) is 11.9. The van der Waals surface area contributed by atoms with Gasteiger partial charge in [-0.1, -0.05) is 178 Å². The molecule has 0 saturated heterocycles. The van der Waals surface area contributed by atoms with Gasteiger partial charge in [0.05, 0.1) is 0 Å². The van der Waals surface area contributed by atoms with Crippen LogP contribution in [0.3, 0.4) is 0 Å². The van der Waals surface area contributed by atoms with Gasteiger partial charge in [-0.05, 0) is 51.4 Å². The Labute approximate surface area is 251 Å².